The van der Waals surface area contributed by atoms with Crippen LogP contribution in [0.15, 0.2) is 42.5 Å². The van der Waals surface area contributed by atoms with E-state index in [0.717, 1.165) is 18.7 Å². The summed E-state index contributed by atoms with van der Waals surface area (Å²) in [5.74, 6) is -2.22. The van der Waals surface area contributed by atoms with Gasteiger partial charge in [0.25, 0.3) is 0 Å². The summed E-state index contributed by atoms with van der Waals surface area (Å²) in [6.07, 6.45) is 0.462. The molecule has 0 saturated carbocycles. The van der Waals surface area contributed by atoms with E-state index in [2.05, 4.69) is 17.3 Å². The van der Waals surface area contributed by atoms with E-state index in [-0.39, 0.29) is 11.1 Å². The van der Waals surface area contributed by atoms with Gasteiger partial charge >= 0.3 is 11.9 Å². The lowest BCUT2D eigenvalue weighted by atomic mass is 9.93. The van der Waals surface area contributed by atoms with Gasteiger partial charge in [0.15, 0.2) is 0 Å². The summed E-state index contributed by atoms with van der Waals surface area (Å²) in [5, 5.41) is 21.7. The normalized spacial score (nSPS) is 14.1. The van der Waals surface area contributed by atoms with Crippen LogP contribution in [0.25, 0.3) is 0 Å². The highest BCUT2D eigenvalue weighted by Crippen LogP contribution is 2.22. The highest BCUT2D eigenvalue weighted by atomic mass is 16.4. The van der Waals surface area contributed by atoms with Gasteiger partial charge in [0.2, 0.25) is 0 Å². The van der Waals surface area contributed by atoms with E-state index in [4.69, 9.17) is 5.11 Å². The molecule has 2 aromatic rings. The largest absolute Gasteiger partial charge is 0.478 e. The van der Waals surface area contributed by atoms with Crippen molar-refractivity contribution >= 4 is 11.9 Å². The average molecular weight is 370 g/mol. The Morgan fingerprint density at radius 1 is 1.00 bits per heavy atom. The number of aromatic carboxylic acids is 2. The predicted octanol–water partition coefficient (Wildman–Crippen LogP) is 2.50. The molecule has 1 heterocycles. The minimum absolute atomic E-state index is 0.0270. The van der Waals surface area contributed by atoms with Gasteiger partial charge in [-0.1, -0.05) is 36.4 Å². The fraction of sp³-hybridized carbons (Fsp3) is 0.333. The van der Waals surface area contributed by atoms with Crippen molar-refractivity contribution in [1.82, 2.24) is 10.2 Å². The van der Waals surface area contributed by atoms with Crippen LogP contribution >= 0.6 is 0 Å². The van der Waals surface area contributed by atoms with Crippen LogP contribution in [-0.4, -0.2) is 60.3 Å². The maximum Gasteiger partial charge on any atom is 0.336 e. The molecule has 1 aliphatic rings. The maximum atomic E-state index is 11.4. The van der Waals surface area contributed by atoms with E-state index < -0.39 is 11.9 Å². The van der Waals surface area contributed by atoms with Crippen LogP contribution in [0.4, 0.5) is 0 Å². The van der Waals surface area contributed by atoms with Gasteiger partial charge in [0.05, 0.1) is 11.1 Å². The first-order valence-corrected chi connectivity index (χ1v) is 8.92. The molecule has 144 valence electrons. The van der Waals surface area contributed by atoms with Gasteiger partial charge in [-0.15, -0.1) is 0 Å². The van der Waals surface area contributed by atoms with Gasteiger partial charge in [0.1, 0.15) is 0 Å². The molecule has 0 amide bonds. The summed E-state index contributed by atoms with van der Waals surface area (Å²) in [6, 6.07) is 12.5. The number of likely N-dealkylation sites (N-methyl/N-ethyl adjacent to an activating group) is 1. The summed E-state index contributed by atoms with van der Waals surface area (Å²) in [7, 11) is 2.15. The van der Waals surface area contributed by atoms with Crippen molar-refractivity contribution < 1.29 is 19.8 Å². The van der Waals surface area contributed by atoms with Crippen LogP contribution < -0.4 is 5.32 Å². The summed E-state index contributed by atoms with van der Waals surface area (Å²) in [5.41, 5.74) is 2.00. The van der Waals surface area contributed by atoms with E-state index in [1.165, 1.54) is 26.1 Å². The van der Waals surface area contributed by atoms with Crippen molar-refractivity contribution in [1.29, 1.82) is 0 Å². The molecule has 1 saturated heterocycles. The van der Waals surface area contributed by atoms with E-state index in [1.807, 2.05) is 30.3 Å². The number of nitrogens with zero attached hydrogens (tertiary/aromatic N) is 1. The maximum absolute atomic E-state index is 11.4. The van der Waals surface area contributed by atoms with Crippen molar-refractivity contribution in [3.05, 3.63) is 70.3 Å². The molecule has 0 radical (unpaired) electrons. The molecule has 0 atom stereocenters. The predicted molar refractivity (Wildman–Crippen MR) is 105 cm³/mol. The third-order valence-corrected chi connectivity index (χ3v) is 4.57. The number of hydrogen-bond acceptors (Lipinski definition) is 4. The van der Waals surface area contributed by atoms with Crippen LogP contribution in [0, 0.1) is 6.92 Å². The summed E-state index contributed by atoms with van der Waals surface area (Å²) in [6.45, 7) is 6.27. The Kier molecular flexibility index (Phi) is 7.52. The Hall–Kier alpha value is -2.70. The Morgan fingerprint density at radius 3 is 2.11 bits per heavy atom. The van der Waals surface area contributed by atoms with Gasteiger partial charge in [-0.2, -0.15) is 0 Å². The SMILES string of the molecule is CN1CCNCC1.Cc1c(C(=O)O)ccc(Cc2ccccc2)c1C(=O)O. The zero-order valence-electron chi connectivity index (χ0n) is 15.7. The van der Waals surface area contributed by atoms with Crippen molar-refractivity contribution in [2.75, 3.05) is 33.2 Å². The monoisotopic (exact) mass is 370 g/mol. The van der Waals surface area contributed by atoms with Crippen molar-refractivity contribution in [2.45, 2.75) is 13.3 Å². The van der Waals surface area contributed by atoms with Crippen LogP contribution in [0.3, 0.4) is 0 Å². The van der Waals surface area contributed by atoms with E-state index in [9.17, 15) is 14.7 Å². The van der Waals surface area contributed by atoms with Gasteiger partial charge in [-0.3, -0.25) is 0 Å². The third kappa shape index (κ3) is 5.91. The molecule has 6 nitrogen and oxygen atoms in total. The molecular weight excluding hydrogens is 344 g/mol. The van der Waals surface area contributed by atoms with E-state index in [0.29, 0.717) is 17.5 Å². The second kappa shape index (κ2) is 9.85. The first kappa shape index (κ1) is 20.6. The van der Waals surface area contributed by atoms with Crippen molar-refractivity contribution in [2.24, 2.45) is 0 Å². The number of carbonyl (C=O) groups is 2. The highest BCUT2D eigenvalue weighted by Gasteiger charge is 2.19. The molecule has 1 aliphatic heterocycles. The van der Waals surface area contributed by atoms with Crippen molar-refractivity contribution in [3.8, 4) is 0 Å². The second-order valence-electron chi connectivity index (χ2n) is 6.60. The minimum atomic E-state index is -1.11. The molecule has 3 N–H and O–H groups in total. The fourth-order valence-electron chi connectivity index (χ4n) is 3.04. The third-order valence-electron chi connectivity index (χ3n) is 4.57. The molecule has 1 fully saturated rings. The average Bonchev–Trinajstić information content (AvgIpc) is 2.63. The number of piperazine rings is 1. The summed E-state index contributed by atoms with van der Waals surface area (Å²) in [4.78, 5) is 24.8. The molecule has 0 aliphatic carbocycles. The number of carboxylic acid groups (broad SMARTS) is 2. The molecule has 0 unspecified atom stereocenters. The van der Waals surface area contributed by atoms with Gasteiger partial charge in [-0.25, -0.2) is 9.59 Å². The zero-order chi connectivity index (χ0) is 19.8. The lowest BCUT2D eigenvalue weighted by Gasteiger charge is -2.21. The van der Waals surface area contributed by atoms with E-state index >= 15 is 0 Å². The van der Waals surface area contributed by atoms with Crippen LogP contribution in [0.2, 0.25) is 0 Å². The minimum Gasteiger partial charge on any atom is -0.478 e. The lowest BCUT2D eigenvalue weighted by Crippen LogP contribution is -2.40. The first-order valence-electron chi connectivity index (χ1n) is 8.92. The number of hydrogen-bond donors (Lipinski definition) is 3. The molecule has 0 spiro atoms. The molecule has 2 aromatic carbocycles. The topological polar surface area (TPSA) is 89.9 Å². The van der Waals surface area contributed by atoms with Crippen molar-refractivity contribution in [3.63, 3.8) is 0 Å². The number of rotatable bonds is 4. The summed E-state index contributed by atoms with van der Waals surface area (Å²) < 4.78 is 0. The van der Waals surface area contributed by atoms with Crippen LogP contribution in [-0.2, 0) is 6.42 Å². The molecule has 0 bridgehead atoms. The Balaban J connectivity index is 0.000000313. The summed E-state index contributed by atoms with van der Waals surface area (Å²) >= 11 is 0. The number of benzene rings is 2. The molecule has 0 aromatic heterocycles. The lowest BCUT2D eigenvalue weighted by molar-refractivity contribution is 0.0695. The molecule has 6 heteroatoms. The van der Waals surface area contributed by atoms with Gasteiger partial charge in [-0.05, 0) is 43.1 Å². The fourth-order valence-corrected chi connectivity index (χ4v) is 3.04. The van der Waals surface area contributed by atoms with E-state index in [1.54, 1.807) is 6.07 Å². The second-order valence-corrected chi connectivity index (χ2v) is 6.60. The first-order chi connectivity index (χ1) is 12.9. The van der Waals surface area contributed by atoms with Crippen LogP contribution in [0.1, 0.15) is 37.4 Å². The van der Waals surface area contributed by atoms with Gasteiger partial charge in [0, 0.05) is 26.2 Å². The quantitative estimate of drug-likeness (QED) is 0.766. The zero-order valence-corrected chi connectivity index (χ0v) is 15.7. The standard InChI is InChI=1S/C16H14O4.C5H12N2/c1-10-13(15(17)18)8-7-12(14(10)16(19)20)9-11-5-3-2-4-6-11;1-7-4-2-6-3-5-7/h2-8H,9H2,1H3,(H,17,18)(H,19,20);6H,2-5H2,1H3. The molecular formula is C21H26N2O4. The Labute approximate surface area is 159 Å². The molecule has 27 heavy (non-hydrogen) atoms. The number of nitrogens with one attached hydrogen (secondary N) is 1. The Morgan fingerprint density at radius 2 is 1.63 bits per heavy atom. The van der Waals surface area contributed by atoms with Gasteiger partial charge < -0.3 is 20.4 Å². The van der Waals surface area contributed by atoms with Crippen LogP contribution in [0.5, 0.6) is 0 Å². The number of carboxylic acids is 2. The highest BCUT2D eigenvalue weighted by molar-refractivity contribution is 5.97. The smallest absolute Gasteiger partial charge is 0.336 e. The molecule has 3 rings (SSSR count). The Bertz CT molecular complexity index is 784.